The number of nitrogens with zero attached hydrogens (tertiary/aromatic N) is 1. The lowest BCUT2D eigenvalue weighted by atomic mass is 9.85. The van der Waals surface area contributed by atoms with Crippen molar-refractivity contribution in [2.24, 2.45) is 23.7 Å². The van der Waals surface area contributed by atoms with Gasteiger partial charge in [-0.2, -0.15) is 0 Å². The molecule has 0 spiro atoms. The van der Waals surface area contributed by atoms with Crippen LogP contribution in [0.15, 0.2) is 12.2 Å². The van der Waals surface area contributed by atoms with E-state index in [9.17, 15) is 14.4 Å². The zero-order valence-electron chi connectivity index (χ0n) is 11.3. The number of carbonyl (C=O) groups excluding carboxylic acids is 2. The Morgan fingerprint density at radius 2 is 1.70 bits per heavy atom. The van der Waals surface area contributed by atoms with E-state index < -0.39 is 5.97 Å². The molecular weight excluding hydrogens is 258 g/mol. The van der Waals surface area contributed by atoms with Crippen molar-refractivity contribution in [3.05, 3.63) is 12.2 Å². The molecule has 0 radical (unpaired) electrons. The summed E-state index contributed by atoms with van der Waals surface area (Å²) in [6, 6.07) is 0. The molecule has 1 aliphatic heterocycles. The van der Waals surface area contributed by atoms with E-state index in [1.165, 1.54) is 4.90 Å². The smallest absolute Gasteiger partial charge is 0.303 e. The first kappa shape index (κ1) is 13.3. The van der Waals surface area contributed by atoms with E-state index in [4.69, 9.17) is 5.11 Å². The van der Waals surface area contributed by atoms with Crippen molar-refractivity contribution in [1.29, 1.82) is 0 Å². The van der Waals surface area contributed by atoms with Crippen LogP contribution in [0.1, 0.15) is 32.1 Å². The summed E-state index contributed by atoms with van der Waals surface area (Å²) < 4.78 is 0. The second-order valence-corrected chi connectivity index (χ2v) is 6.03. The van der Waals surface area contributed by atoms with E-state index in [1.807, 2.05) is 0 Å². The van der Waals surface area contributed by atoms with Crippen LogP contribution in [-0.4, -0.2) is 34.3 Å². The Hall–Kier alpha value is -1.65. The fourth-order valence-electron chi connectivity index (χ4n) is 3.91. The largest absolute Gasteiger partial charge is 0.481 e. The van der Waals surface area contributed by atoms with Gasteiger partial charge in [-0.3, -0.25) is 19.3 Å². The summed E-state index contributed by atoms with van der Waals surface area (Å²) in [4.78, 5) is 36.5. The molecule has 0 aromatic heterocycles. The zero-order chi connectivity index (χ0) is 14.3. The molecule has 108 valence electrons. The molecule has 1 N–H and O–H groups in total. The molecule has 0 aromatic rings. The minimum Gasteiger partial charge on any atom is -0.481 e. The van der Waals surface area contributed by atoms with Gasteiger partial charge in [-0.05, 0) is 31.1 Å². The van der Waals surface area contributed by atoms with E-state index in [2.05, 4.69) is 12.2 Å². The van der Waals surface area contributed by atoms with Crippen LogP contribution in [0, 0.1) is 23.7 Å². The second-order valence-electron chi connectivity index (χ2n) is 6.03. The van der Waals surface area contributed by atoms with E-state index in [-0.39, 0.29) is 41.9 Å². The number of allylic oxidation sites excluding steroid dienone is 2. The minimum atomic E-state index is -0.796. The van der Waals surface area contributed by atoms with Gasteiger partial charge in [0.2, 0.25) is 11.8 Å². The van der Waals surface area contributed by atoms with Gasteiger partial charge < -0.3 is 5.11 Å². The highest BCUT2D eigenvalue weighted by molar-refractivity contribution is 6.06. The fraction of sp³-hybridized carbons (Fsp3) is 0.667. The van der Waals surface area contributed by atoms with Gasteiger partial charge in [0.15, 0.2) is 0 Å². The predicted molar refractivity (Wildman–Crippen MR) is 70.5 cm³/mol. The molecule has 20 heavy (non-hydrogen) atoms. The lowest BCUT2D eigenvalue weighted by Gasteiger charge is -2.16. The fourth-order valence-corrected chi connectivity index (χ4v) is 3.91. The second kappa shape index (κ2) is 5.04. The van der Waals surface area contributed by atoms with E-state index in [0.29, 0.717) is 19.4 Å². The molecule has 2 amide bonds. The van der Waals surface area contributed by atoms with Crippen LogP contribution in [0.25, 0.3) is 0 Å². The SMILES string of the molecule is O=C(O)CCCCCN1C(=O)C2C3C=CC(C3)C2C1=O. The number of carboxylic acid groups (broad SMARTS) is 1. The molecule has 3 aliphatic rings. The number of aliphatic carboxylic acids is 1. The number of rotatable bonds is 6. The lowest BCUT2D eigenvalue weighted by molar-refractivity contribution is -0.141. The predicted octanol–water partition coefficient (Wildman–Crippen LogP) is 1.44. The number of amides is 2. The summed E-state index contributed by atoms with van der Waals surface area (Å²) in [5.74, 6) is -0.509. The van der Waals surface area contributed by atoms with Crippen molar-refractivity contribution in [3.8, 4) is 0 Å². The van der Waals surface area contributed by atoms with Gasteiger partial charge in [0.05, 0.1) is 11.8 Å². The van der Waals surface area contributed by atoms with Crippen LogP contribution in [0.4, 0.5) is 0 Å². The van der Waals surface area contributed by atoms with Gasteiger partial charge in [-0.15, -0.1) is 0 Å². The van der Waals surface area contributed by atoms with Crippen molar-refractivity contribution in [1.82, 2.24) is 4.90 Å². The van der Waals surface area contributed by atoms with Crippen LogP contribution in [0.3, 0.4) is 0 Å². The number of carboxylic acids is 1. The summed E-state index contributed by atoms with van der Waals surface area (Å²) in [5.41, 5.74) is 0. The Morgan fingerprint density at radius 1 is 1.10 bits per heavy atom. The van der Waals surface area contributed by atoms with E-state index >= 15 is 0 Å². The average Bonchev–Trinajstić information content (AvgIpc) is 3.06. The Kier molecular flexibility index (Phi) is 3.36. The first-order valence-electron chi connectivity index (χ1n) is 7.35. The topological polar surface area (TPSA) is 74.7 Å². The maximum absolute atomic E-state index is 12.3. The Balaban J connectivity index is 1.53. The number of hydrogen-bond donors (Lipinski definition) is 1. The highest BCUT2D eigenvalue weighted by atomic mass is 16.4. The van der Waals surface area contributed by atoms with Crippen LogP contribution in [-0.2, 0) is 14.4 Å². The number of hydrogen-bond acceptors (Lipinski definition) is 3. The summed E-state index contributed by atoms with van der Waals surface area (Å²) in [6.07, 6.45) is 7.34. The molecule has 2 aliphatic carbocycles. The average molecular weight is 277 g/mol. The minimum absolute atomic E-state index is 0.00455. The third kappa shape index (κ3) is 2.05. The highest BCUT2D eigenvalue weighted by Gasteiger charge is 2.58. The Labute approximate surface area is 117 Å². The normalized spacial score (nSPS) is 34.1. The van der Waals surface area contributed by atoms with Crippen molar-refractivity contribution in [2.75, 3.05) is 6.54 Å². The monoisotopic (exact) mass is 277 g/mol. The van der Waals surface area contributed by atoms with Crippen molar-refractivity contribution in [3.63, 3.8) is 0 Å². The molecule has 5 heteroatoms. The van der Waals surface area contributed by atoms with Gasteiger partial charge in [-0.25, -0.2) is 0 Å². The summed E-state index contributed by atoms with van der Waals surface area (Å²) in [5, 5.41) is 8.56. The number of likely N-dealkylation sites (tertiary alicyclic amines) is 1. The van der Waals surface area contributed by atoms with Gasteiger partial charge in [0, 0.05) is 13.0 Å². The maximum Gasteiger partial charge on any atom is 0.303 e. The maximum atomic E-state index is 12.3. The quantitative estimate of drug-likeness (QED) is 0.453. The molecule has 3 rings (SSSR count). The number of fused-ring (bicyclic) bond motifs is 5. The Morgan fingerprint density at radius 3 is 2.25 bits per heavy atom. The molecule has 5 nitrogen and oxygen atoms in total. The number of imide groups is 1. The Bertz CT molecular complexity index is 454. The van der Waals surface area contributed by atoms with Gasteiger partial charge in [-0.1, -0.05) is 18.6 Å². The van der Waals surface area contributed by atoms with Gasteiger partial charge in [0.25, 0.3) is 0 Å². The van der Waals surface area contributed by atoms with Crippen LogP contribution < -0.4 is 0 Å². The van der Waals surface area contributed by atoms with E-state index in [0.717, 1.165) is 12.8 Å². The summed E-state index contributed by atoms with van der Waals surface area (Å²) in [6.45, 7) is 0.448. The molecule has 1 heterocycles. The first-order chi connectivity index (χ1) is 9.59. The summed E-state index contributed by atoms with van der Waals surface area (Å²) >= 11 is 0. The third-order valence-corrected chi connectivity index (χ3v) is 4.83. The molecule has 2 bridgehead atoms. The van der Waals surface area contributed by atoms with Crippen LogP contribution in [0.2, 0.25) is 0 Å². The molecule has 1 saturated heterocycles. The van der Waals surface area contributed by atoms with Crippen LogP contribution >= 0.6 is 0 Å². The van der Waals surface area contributed by atoms with Gasteiger partial charge >= 0.3 is 5.97 Å². The summed E-state index contributed by atoms with van der Waals surface area (Å²) in [7, 11) is 0. The number of unbranched alkanes of at least 4 members (excludes halogenated alkanes) is 2. The lowest BCUT2D eigenvalue weighted by Crippen LogP contribution is -2.33. The molecule has 0 aromatic carbocycles. The number of carbonyl (C=O) groups is 3. The molecular formula is C15H19NO4. The van der Waals surface area contributed by atoms with Gasteiger partial charge in [0.1, 0.15) is 0 Å². The molecule has 4 unspecified atom stereocenters. The van der Waals surface area contributed by atoms with Crippen molar-refractivity contribution in [2.45, 2.75) is 32.1 Å². The van der Waals surface area contributed by atoms with Crippen LogP contribution in [0.5, 0.6) is 0 Å². The standard InChI is InChI=1S/C15H19NO4/c17-11(18)4-2-1-3-7-16-14(19)12-9-5-6-10(8-9)13(12)15(16)20/h5-6,9-10,12-13H,1-4,7-8H2,(H,17,18). The molecule has 1 saturated carbocycles. The molecule has 2 fully saturated rings. The zero-order valence-corrected chi connectivity index (χ0v) is 11.3. The molecule has 4 atom stereocenters. The third-order valence-electron chi connectivity index (χ3n) is 4.83. The van der Waals surface area contributed by atoms with Crippen molar-refractivity contribution < 1.29 is 19.5 Å². The van der Waals surface area contributed by atoms with E-state index in [1.54, 1.807) is 0 Å². The van der Waals surface area contributed by atoms with Crippen molar-refractivity contribution >= 4 is 17.8 Å². The highest BCUT2D eigenvalue weighted by Crippen LogP contribution is 2.52. The first-order valence-corrected chi connectivity index (χ1v) is 7.35.